The number of terminal acetylenes is 1. The van der Waals surface area contributed by atoms with Gasteiger partial charge in [-0.2, -0.15) is 0 Å². The summed E-state index contributed by atoms with van der Waals surface area (Å²) in [5.74, 6) is 3.09. The van der Waals surface area contributed by atoms with Crippen LogP contribution in [0.3, 0.4) is 0 Å². The minimum atomic E-state index is -1.01. The second kappa shape index (κ2) is 6.58. The zero-order valence-electron chi connectivity index (χ0n) is 14.5. The van der Waals surface area contributed by atoms with Crippen molar-refractivity contribution in [1.82, 2.24) is 4.90 Å². The number of carbonyl (C=O) groups excluding carboxylic acids is 1. The van der Waals surface area contributed by atoms with Gasteiger partial charge in [-0.15, -0.1) is 6.42 Å². The molecule has 2 heterocycles. The number of aliphatic hydroxyl groups is 1. The molecule has 2 atom stereocenters. The standard InChI is InChI=1S/C20H26N2O2/c1-4-20(24)9-11-21(12-10-20)16(3)19(23)22-14-15(2)13-17-7-5-6-8-18(17)22/h1,5-8,15-16,24H,9-14H2,2-3H3. The molecule has 1 aromatic rings. The summed E-state index contributed by atoms with van der Waals surface area (Å²) in [7, 11) is 0. The number of fused-ring (bicyclic) bond motifs is 1. The second-order valence-corrected chi connectivity index (χ2v) is 7.27. The lowest BCUT2D eigenvalue weighted by atomic mass is 9.91. The number of benzene rings is 1. The van der Waals surface area contributed by atoms with Crippen molar-refractivity contribution in [2.45, 2.75) is 44.8 Å². The highest BCUT2D eigenvalue weighted by molar-refractivity contribution is 5.98. The van der Waals surface area contributed by atoms with Crippen LogP contribution in [0.2, 0.25) is 0 Å². The molecule has 0 aliphatic carbocycles. The number of nitrogens with zero attached hydrogens (tertiary/aromatic N) is 2. The third-order valence-corrected chi connectivity index (χ3v) is 5.41. The Morgan fingerprint density at radius 2 is 2.04 bits per heavy atom. The summed E-state index contributed by atoms with van der Waals surface area (Å²) in [6.45, 7) is 6.22. The number of piperidine rings is 1. The van der Waals surface area contributed by atoms with Crippen molar-refractivity contribution in [1.29, 1.82) is 0 Å². The molecule has 2 unspecified atom stereocenters. The van der Waals surface area contributed by atoms with Gasteiger partial charge in [0.1, 0.15) is 5.60 Å². The Hall–Kier alpha value is -1.83. The van der Waals surface area contributed by atoms with Gasteiger partial charge in [0.2, 0.25) is 5.91 Å². The summed E-state index contributed by atoms with van der Waals surface area (Å²) in [6.07, 6.45) is 7.48. The smallest absolute Gasteiger partial charge is 0.244 e. The van der Waals surface area contributed by atoms with E-state index in [0.29, 0.717) is 31.8 Å². The molecule has 24 heavy (non-hydrogen) atoms. The number of hydrogen-bond acceptors (Lipinski definition) is 3. The third-order valence-electron chi connectivity index (χ3n) is 5.41. The van der Waals surface area contributed by atoms with E-state index in [-0.39, 0.29) is 11.9 Å². The maximum atomic E-state index is 13.1. The molecule has 0 saturated carbocycles. The molecule has 2 aliphatic rings. The maximum Gasteiger partial charge on any atom is 0.244 e. The zero-order valence-corrected chi connectivity index (χ0v) is 14.5. The largest absolute Gasteiger partial charge is 0.378 e. The molecule has 4 heteroatoms. The van der Waals surface area contributed by atoms with E-state index in [4.69, 9.17) is 6.42 Å². The summed E-state index contributed by atoms with van der Waals surface area (Å²) >= 11 is 0. The molecule has 2 aliphatic heterocycles. The summed E-state index contributed by atoms with van der Waals surface area (Å²) in [5.41, 5.74) is 1.28. The monoisotopic (exact) mass is 326 g/mol. The lowest BCUT2D eigenvalue weighted by Gasteiger charge is -2.41. The summed E-state index contributed by atoms with van der Waals surface area (Å²) in [6, 6.07) is 7.98. The van der Waals surface area contributed by atoms with Crippen LogP contribution in [0.1, 0.15) is 32.3 Å². The van der Waals surface area contributed by atoms with Gasteiger partial charge in [-0.25, -0.2) is 0 Å². The molecule has 0 aromatic heterocycles. The number of likely N-dealkylation sites (tertiary alicyclic amines) is 1. The second-order valence-electron chi connectivity index (χ2n) is 7.27. The van der Waals surface area contributed by atoms with Gasteiger partial charge in [-0.1, -0.05) is 31.0 Å². The van der Waals surface area contributed by atoms with Crippen molar-refractivity contribution >= 4 is 11.6 Å². The first-order chi connectivity index (χ1) is 11.4. The van der Waals surface area contributed by atoms with Crippen molar-refractivity contribution in [3.63, 3.8) is 0 Å². The SMILES string of the molecule is C#CC1(O)CCN(C(C)C(=O)N2CC(C)Cc3ccccc32)CC1. The molecule has 1 fully saturated rings. The minimum Gasteiger partial charge on any atom is -0.378 e. The number of carbonyl (C=O) groups is 1. The van der Waals surface area contributed by atoms with Crippen LogP contribution in [0.15, 0.2) is 24.3 Å². The van der Waals surface area contributed by atoms with E-state index < -0.39 is 5.60 Å². The first kappa shape index (κ1) is 17.0. The Balaban J connectivity index is 1.74. The van der Waals surface area contributed by atoms with Crippen LogP contribution in [-0.2, 0) is 11.2 Å². The summed E-state index contributed by atoms with van der Waals surface area (Å²) in [5, 5.41) is 10.2. The van der Waals surface area contributed by atoms with Gasteiger partial charge < -0.3 is 10.0 Å². The molecule has 1 saturated heterocycles. The highest BCUT2D eigenvalue weighted by Crippen LogP contribution is 2.31. The van der Waals surface area contributed by atoms with Crippen molar-refractivity contribution in [3.8, 4) is 12.3 Å². The molecule has 128 valence electrons. The lowest BCUT2D eigenvalue weighted by molar-refractivity contribution is -0.124. The van der Waals surface area contributed by atoms with Crippen LogP contribution in [0, 0.1) is 18.3 Å². The Kier molecular flexibility index (Phi) is 4.67. The number of hydrogen-bond donors (Lipinski definition) is 1. The Morgan fingerprint density at radius 1 is 1.38 bits per heavy atom. The molecule has 0 spiro atoms. The van der Waals surface area contributed by atoms with Crippen LogP contribution in [0.5, 0.6) is 0 Å². The van der Waals surface area contributed by atoms with Gasteiger partial charge >= 0.3 is 0 Å². The van der Waals surface area contributed by atoms with E-state index in [0.717, 1.165) is 18.7 Å². The van der Waals surface area contributed by atoms with Gasteiger partial charge in [-0.05, 0) is 30.9 Å². The molecular weight excluding hydrogens is 300 g/mol. The van der Waals surface area contributed by atoms with E-state index in [1.165, 1.54) is 5.56 Å². The van der Waals surface area contributed by atoms with Crippen LogP contribution in [0.25, 0.3) is 0 Å². The topological polar surface area (TPSA) is 43.8 Å². The zero-order chi connectivity index (χ0) is 17.3. The van der Waals surface area contributed by atoms with Gasteiger partial charge in [0.05, 0.1) is 6.04 Å². The number of amides is 1. The van der Waals surface area contributed by atoms with E-state index >= 15 is 0 Å². The van der Waals surface area contributed by atoms with E-state index in [1.54, 1.807) is 0 Å². The van der Waals surface area contributed by atoms with Gasteiger partial charge in [0.15, 0.2) is 0 Å². The van der Waals surface area contributed by atoms with Gasteiger partial charge in [0, 0.05) is 38.2 Å². The van der Waals surface area contributed by atoms with Gasteiger partial charge in [0.25, 0.3) is 0 Å². The first-order valence-corrected chi connectivity index (χ1v) is 8.77. The minimum absolute atomic E-state index is 0.139. The molecule has 0 radical (unpaired) electrons. The highest BCUT2D eigenvalue weighted by atomic mass is 16.3. The van der Waals surface area contributed by atoms with Crippen LogP contribution in [0.4, 0.5) is 5.69 Å². The number of anilines is 1. The molecule has 3 rings (SSSR count). The van der Waals surface area contributed by atoms with Crippen molar-refractivity contribution in [3.05, 3.63) is 29.8 Å². The Labute approximate surface area is 144 Å². The average Bonchev–Trinajstić information content (AvgIpc) is 2.60. The quantitative estimate of drug-likeness (QED) is 0.846. The Morgan fingerprint density at radius 3 is 2.71 bits per heavy atom. The van der Waals surface area contributed by atoms with Gasteiger partial charge in [-0.3, -0.25) is 9.69 Å². The van der Waals surface area contributed by atoms with E-state index in [1.807, 2.05) is 30.0 Å². The summed E-state index contributed by atoms with van der Waals surface area (Å²) in [4.78, 5) is 17.2. The maximum absolute atomic E-state index is 13.1. The molecule has 1 N–H and O–H groups in total. The number of para-hydroxylation sites is 1. The normalized spacial score (nSPS) is 24.8. The van der Waals surface area contributed by atoms with Crippen molar-refractivity contribution in [2.24, 2.45) is 5.92 Å². The molecule has 4 nitrogen and oxygen atoms in total. The van der Waals surface area contributed by atoms with Crippen molar-refractivity contribution < 1.29 is 9.90 Å². The van der Waals surface area contributed by atoms with Crippen LogP contribution < -0.4 is 4.90 Å². The van der Waals surface area contributed by atoms with E-state index in [2.05, 4.69) is 23.8 Å². The van der Waals surface area contributed by atoms with Crippen LogP contribution in [-0.4, -0.2) is 47.2 Å². The first-order valence-electron chi connectivity index (χ1n) is 8.77. The predicted octanol–water partition coefficient (Wildman–Crippen LogP) is 2.06. The molecule has 0 bridgehead atoms. The Bertz CT molecular complexity index is 656. The fourth-order valence-corrected chi connectivity index (χ4v) is 3.81. The van der Waals surface area contributed by atoms with Crippen LogP contribution >= 0.6 is 0 Å². The average molecular weight is 326 g/mol. The third kappa shape index (κ3) is 3.19. The van der Waals surface area contributed by atoms with Crippen molar-refractivity contribution in [2.75, 3.05) is 24.5 Å². The fourth-order valence-electron chi connectivity index (χ4n) is 3.81. The molecule has 1 aromatic carbocycles. The van der Waals surface area contributed by atoms with E-state index in [9.17, 15) is 9.90 Å². The number of rotatable bonds is 2. The lowest BCUT2D eigenvalue weighted by Crippen LogP contribution is -2.54. The fraction of sp³-hybridized carbons (Fsp3) is 0.550. The highest BCUT2D eigenvalue weighted by Gasteiger charge is 2.36. The summed E-state index contributed by atoms with van der Waals surface area (Å²) < 4.78 is 0. The predicted molar refractivity (Wildman–Crippen MR) is 95.7 cm³/mol. The molecular formula is C20H26N2O2. The molecule has 1 amide bonds.